The van der Waals surface area contributed by atoms with Gasteiger partial charge in [0.05, 0.1) is 19.3 Å². The predicted octanol–water partition coefficient (Wildman–Crippen LogP) is 2.43. The van der Waals surface area contributed by atoms with Crippen LogP contribution in [0.4, 0.5) is 0 Å². The number of hydrogen-bond donors (Lipinski definition) is 1. The molecule has 0 spiro atoms. The van der Waals surface area contributed by atoms with Gasteiger partial charge in [0.25, 0.3) is 0 Å². The Bertz CT molecular complexity index is 388. The van der Waals surface area contributed by atoms with Crippen molar-refractivity contribution in [1.29, 1.82) is 0 Å². The Morgan fingerprint density at radius 1 is 1.47 bits per heavy atom. The molecule has 0 aliphatic rings. The molecule has 90 valence electrons. The van der Waals surface area contributed by atoms with Crippen LogP contribution in [0.2, 0.25) is 0 Å². The first-order valence-electron chi connectivity index (χ1n) is 5.25. The Morgan fingerprint density at radius 2 is 2.18 bits per heavy atom. The Morgan fingerprint density at radius 3 is 2.76 bits per heavy atom. The third kappa shape index (κ3) is 4.70. The van der Waals surface area contributed by atoms with E-state index in [1.165, 1.54) is 6.08 Å². The highest BCUT2D eigenvalue weighted by atomic mass is 16.5. The molecule has 1 unspecified atom stereocenters. The maximum absolute atomic E-state index is 9.66. The van der Waals surface area contributed by atoms with Crippen molar-refractivity contribution in [3.05, 3.63) is 59.0 Å². The molecule has 1 aromatic rings. The van der Waals surface area contributed by atoms with Crippen molar-refractivity contribution in [2.75, 3.05) is 6.54 Å². The molecule has 0 aliphatic carbocycles. The third-order valence-corrected chi connectivity index (χ3v) is 2.23. The minimum absolute atomic E-state index is 0.0258. The van der Waals surface area contributed by atoms with Gasteiger partial charge in [0.1, 0.15) is 6.10 Å². The highest BCUT2D eigenvalue weighted by Gasteiger charge is 2.15. The van der Waals surface area contributed by atoms with Crippen LogP contribution in [0.15, 0.2) is 48.1 Å². The normalized spacial score (nSPS) is 13.5. The van der Waals surface area contributed by atoms with Gasteiger partial charge >= 0.3 is 0 Å². The Kier molecular flexibility index (Phi) is 5.82. The Hall–Kier alpha value is -1.81. The quantitative estimate of drug-likeness (QED) is 0.340. The van der Waals surface area contributed by atoms with Crippen LogP contribution in [0.25, 0.3) is 10.4 Å². The second-order valence-corrected chi connectivity index (χ2v) is 3.48. The fraction of sp³-hybridized carbons (Fsp3) is 0.333. The SMILES string of the molecule is C=CC(OCc1ccccc1)[C@H](O)CN=[N+]=[N-]. The van der Waals surface area contributed by atoms with Crippen LogP contribution >= 0.6 is 0 Å². The summed E-state index contributed by atoms with van der Waals surface area (Å²) in [7, 11) is 0. The molecular weight excluding hydrogens is 218 g/mol. The number of hydrogen-bond acceptors (Lipinski definition) is 3. The minimum Gasteiger partial charge on any atom is -0.390 e. The molecule has 0 amide bonds. The topological polar surface area (TPSA) is 78.2 Å². The van der Waals surface area contributed by atoms with Gasteiger partial charge in [-0.05, 0) is 11.1 Å². The van der Waals surface area contributed by atoms with E-state index in [9.17, 15) is 5.11 Å². The van der Waals surface area contributed by atoms with E-state index in [0.717, 1.165) is 5.56 Å². The van der Waals surface area contributed by atoms with Crippen molar-refractivity contribution in [2.24, 2.45) is 5.11 Å². The first kappa shape index (κ1) is 13.3. The molecule has 0 heterocycles. The van der Waals surface area contributed by atoms with Gasteiger partial charge in [-0.1, -0.05) is 41.5 Å². The first-order chi connectivity index (χ1) is 8.27. The number of aliphatic hydroxyl groups is 1. The summed E-state index contributed by atoms with van der Waals surface area (Å²) in [6.45, 7) is 3.94. The molecule has 0 aliphatic heterocycles. The summed E-state index contributed by atoms with van der Waals surface area (Å²) >= 11 is 0. The number of aliphatic hydroxyl groups excluding tert-OH is 1. The fourth-order valence-electron chi connectivity index (χ4n) is 1.33. The van der Waals surface area contributed by atoms with Crippen LogP contribution in [0, 0.1) is 0 Å². The van der Waals surface area contributed by atoms with E-state index in [-0.39, 0.29) is 6.54 Å². The van der Waals surface area contributed by atoms with Gasteiger partial charge in [0, 0.05) is 4.91 Å². The second kappa shape index (κ2) is 7.46. The van der Waals surface area contributed by atoms with Crippen LogP contribution in [0.3, 0.4) is 0 Å². The Labute approximate surface area is 100.0 Å². The molecule has 0 fully saturated rings. The molecule has 0 radical (unpaired) electrons. The van der Waals surface area contributed by atoms with E-state index in [4.69, 9.17) is 10.3 Å². The molecule has 5 nitrogen and oxygen atoms in total. The van der Waals surface area contributed by atoms with Crippen LogP contribution in [-0.2, 0) is 11.3 Å². The zero-order chi connectivity index (χ0) is 12.5. The van der Waals surface area contributed by atoms with Gasteiger partial charge in [-0.25, -0.2) is 0 Å². The molecule has 0 saturated heterocycles. The lowest BCUT2D eigenvalue weighted by atomic mass is 10.2. The average Bonchev–Trinajstić information content (AvgIpc) is 2.38. The number of azide groups is 1. The number of benzene rings is 1. The van der Waals surface area contributed by atoms with Crippen LogP contribution in [-0.4, -0.2) is 23.9 Å². The highest BCUT2D eigenvalue weighted by molar-refractivity contribution is 5.13. The molecule has 0 saturated carbocycles. The van der Waals surface area contributed by atoms with Crippen LogP contribution in [0.5, 0.6) is 0 Å². The summed E-state index contributed by atoms with van der Waals surface area (Å²) < 4.78 is 5.48. The van der Waals surface area contributed by atoms with Crippen molar-refractivity contribution < 1.29 is 9.84 Å². The molecule has 1 rings (SSSR count). The monoisotopic (exact) mass is 233 g/mol. The van der Waals surface area contributed by atoms with E-state index in [2.05, 4.69) is 16.6 Å². The van der Waals surface area contributed by atoms with Crippen molar-refractivity contribution in [1.82, 2.24) is 0 Å². The summed E-state index contributed by atoms with van der Waals surface area (Å²) in [4.78, 5) is 2.59. The molecule has 0 bridgehead atoms. The minimum atomic E-state index is -0.868. The van der Waals surface area contributed by atoms with Gasteiger partial charge in [-0.15, -0.1) is 6.58 Å². The van der Waals surface area contributed by atoms with Crippen molar-refractivity contribution in [3.63, 3.8) is 0 Å². The van der Waals surface area contributed by atoms with Crippen molar-refractivity contribution in [3.8, 4) is 0 Å². The first-order valence-corrected chi connectivity index (χ1v) is 5.25. The Balaban J connectivity index is 2.47. The highest BCUT2D eigenvalue weighted by Crippen LogP contribution is 2.07. The zero-order valence-electron chi connectivity index (χ0n) is 9.44. The van der Waals surface area contributed by atoms with Crippen LogP contribution in [0.1, 0.15) is 5.56 Å². The molecular formula is C12H15N3O2. The summed E-state index contributed by atoms with van der Waals surface area (Å²) in [5.74, 6) is 0. The summed E-state index contributed by atoms with van der Waals surface area (Å²) in [5.41, 5.74) is 9.17. The smallest absolute Gasteiger partial charge is 0.102 e. The van der Waals surface area contributed by atoms with Gasteiger partial charge < -0.3 is 9.84 Å². The average molecular weight is 233 g/mol. The number of rotatable bonds is 7. The van der Waals surface area contributed by atoms with Crippen molar-refractivity contribution in [2.45, 2.75) is 18.8 Å². The van der Waals surface area contributed by atoms with E-state index < -0.39 is 12.2 Å². The van der Waals surface area contributed by atoms with E-state index in [1.807, 2.05) is 30.3 Å². The molecule has 2 atom stereocenters. The summed E-state index contributed by atoms with van der Waals surface area (Å²) in [6.07, 6.45) is 0.0911. The van der Waals surface area contributed by atoms with Gasteiger partial charge in [-0.2, -0.15) is 0 Å². The lowest BCUT2D eigenvalue weighted by Gasteiger charge is -2.18. The number of ether oxygens (including phenoxy) is 1. The molecule has 0 aromatic heterocycles. The fourth-order valence-corrected chi connectivity index (χ4v) is 1.33. The predicted molar refractivity (Wildman–Crippen MR) is 65.2 cm³/mol. The van der Waals surface area contributed by atoms with Crippen molar-refractivity contribution >= 4 is 0 Å². The largest absolute Gasteiger partial charge is 0.390 e. The van der Waals surface area contributed by atoms with Gasteiger partial charge in [0.15, 0.2) is 0 Å². The third-order valence-electron chi connectivity index (χ3n) is 2.23. The number of nitrogens with zero attached hydrogens (tertiary/aromatic N) is 3. The van der Waals surface area contributed by atoms with Gasteiger partial charge in [0.2, 0.25) is 0 Å². The molecule has 17 heavy (non-hydrogen) atoms. The second-order valence-electron chi connectivity index (χ2n) is 3.48. The summed E-state index contributed by atoms with van der Waals surface area (Å²) in [5, 5.41) is 13.0. The molecule has 1 N–H and O–H groups in total. The standard InChI is InChI=1S/C12H15N3O2/c1-2-12(11(16)8-14-15-13)17-9-10-6-4-3-5-7-10/h2-7,11-12,16H,1,8-9H2/t11-,12?/m1/s1. The van der Waals surface area contributed by atoms with Gasteiger partial charge in [-0.3, -0.25) is 0 Å². The lowest BCUT2D eigenvalue weighted by molar-refractivity contribution is -0.0138. The lowest BCUT2D eigenvalue weighted by Crippen LogP contribution is -2.29. The molecule has 5 heteroatoms. The maximum atomic E-state index is 9.66. The van der Waals surface area contributed by atoms with E-state index >= 15 is 0 Å². The van der Waals surface area contributed by atoms with E-state index in [1.54, 1.807) is 0 Å². The zero-order valence-corrected chi connectivity index (χ0v) is 9.44. The summed E-state index contributed by atoms with van der Waals surface area (Å²) in [6, 6.07) is 9.61. The maximum Gasteiger partial charge on any atom is 0.102 e. The van der Waals surface area contributed by atoms with E-state index in [0.29, 0.717) is 6.61 Å². The molecule has 1 aromatic carbocycles. The van der Waals surface area contributed by atoms with Crippen LogP contribution < -0.4 is 0 Å².